The summed E-state index contributed by atoms with van der Waals surface area (Å²) in [5.41, 5.74) is 10.5. The minimum atomic E-state index is -0.329. The topological polar surface area (TPSA) is 107 Å². The van der Waals surface area contributed by atoms with Crippen LogP contribution in [0.4, 0.5) is 11.6 Å². The molecule has 0 radical (unpaired) electrons. The van der Waals surface area contributed by atoms with Gasteiger partial charge in [-0.2, -0.15) is 0 Å². The minimum Gasteiger partial charge on any atom is -0.382 e. The van der Waals surface area contributed by atoms with Crippen LogP contribution in [0.2, 0.25) is 5.02 Å². The molecule has 0 spiro atoms. The van der Waals surface area contributed by atoms with Crippen LogP contribution in [0, 0.1) is 0 Å². The Morgan fingerprint density at radius 1 is 1.53 bits per heavy atom. The molecule has 0 aliphatic rings. The fourth-order valence-electron chi connectivity index (χ4n) is 0.976. The highest BCUT2D eigenvalue weighted by Gasteiger charge is 2.05. The summed E-state index contributed by atoms with van der Waals surface area (Å²) in [4.78, 5) is 18.1. The molecule has 0 unspecified atom stereocenters. The number of halogens is 1. The summed E-state index contributed by atoms with van der Waals surface area (Å²) < 4.78 is 0. The highest BCUT2D eigenvalue weighted by molar-refractivity contribution is 6.35. The molecule has 1 aromatic heterocycles. The van der Waals surface area contributed by atoms with Crippen LogP contribution in [0.3, 0.4) is 0 Å². The van der Waals surface area contributed by atoms with Crippen molar-refractivity contribution in [3.63, 3.8) is 0 Å². The van der Waals surface area contributed by atoms with E-state index >= 15 is 0 Å². The van der Waals surface area contributed by atoms with Crippen molar-refractivity contribution in [3.8, 4) is 0 Å². The average Bonchev–Trinajstić information content (AvgIpc) is 2.18. The molecule has 0 aliphatic heterocycles. The maximum atomic E-state index is 10.5. The zero-order valence-corrected chi connectivity index (χ0v) is 8.79. The zero-order chi connectivity index (χ0) is 11.3. The van der Waals surface area contributed by atoms with Gasteiger partial charge >= 0.3 is 0 Å². The van der Waals surface area contributed by atoms with Crippen molar-refractivity contribution in [1.29, 1.82) is 0 Å². The van der Waals surface area contributed by atoms with E-state index in [0.717, 1.165) is 0 Å². The molecule has 6 nitrogen and oxygen atoms in total. The highest BCUT2D eigenvalue weighted by Crippen LogP contribution is 2.22. The van der Waals surface area contributed by atoms with E-state index in [2.05, 4.69) is 15.3 Å². The van der Waals surface area contributed by atoms with Crippen LogP contribution in [0.15, 0.2) is 6.33 Å². The first kappa shape index (κ1) is 11.5. The number of carbonyl (C=O) groups is 1. The molecule has 0 atom stereocenters. The van der Waals surface area contributed by atoms with Crippen molar-refractivity contribution in [2.45, 2.75) is 12.8 Å². The van der Waals surface area contributed by atoms with Gasteiger partial charge in [0.1, 0.15) is 23.0 Å². The Morgan fingerprint density at radius 3 is 2.93 bits per heavy atom. The Labute approximate surface area is 92.0 Å². The van der Waals surface area contributed by atoms with Gasteiger partial charge in [-0.1, -0.05) is 11.6 Å². The largest absolute Gasteiger partial charge is 0.382 e. The molecule has 1 aromatic rings. The number of carbonyl (C=O) groups excluding carboxylic acids is 1. The van der Waals surface area contributed by atoms with Crippen LogP contribution in [0.1, 0.15) is 12.8 Å². The van der Waals surface area contributed by atoms with Gasteiger partial charge in [-0.05, 0) is 6.42 Å². The molecule has 0 saturated heterocycles. The highest BCUT2D eigenvalue weighted by atomic mass is 35.5. The van der Waals surface area contributed by atoms with E-state index in [0.29, 0.717) is 25.2 Å². The van der Waals surface area contributed by atoms with Gasteiger partial charge in [-0.3, -0.25) is 4.79 Å². The van der Waals surface area contributed by atoms with Crippen molar-refractivity contribution in [3.05, 3.63) is 11.3 Å². The molecular weight excluding hydrogens is 218 g/mol. The summed E-state index contributed by atoms with van der Waals surface area (Å²) in [6.45, 7) is 0.555. The van der Waals surface area contributed by atoms with Crippen molar-refractivity contribution >= 4 is 29.1 Å². The second kappa shape index (κ2) is 5.35. The standard InChI is InChI=1S/C8H12ClN5O/c9-6-7(11)13-4-14-8(6)12-3-1-2-5(10)15/h4H,1-3H2,(H2,10,15)(H3,11,12,13,14). The van der Waals surface area contributed by atoms with Gasteiger partial charge in [0.2, 0.25) is 5.91 Å². The fourth-order valence-corrected chi connectivity index (χ4v) is 1.14. The van der Waals surface area contributed by atoms with E-state index in [1.54, 1.807) is 0 Å². The van der Waals surface area contributed by atoms with Crippen molar-refractivity contribution in [2.75, 3.05) is 17.6 Å². The van der Waals surface area contributed by atoms with E-state index in [1.165, 1.54) is 6.33 Å². The molecule has 5 N–H and O–H groups in total. The van der Waals surface area contributed by atoms with Crippen molar-refractivity contribution in [1.82, 2.24) is 9.97 Å². The Kier molecular flexibility index (Phi) is 4.11. The minimum absolute atomic E-state index is 0.226. The average molecular weight is 230 g/mol. The second-order valence-electron chi connectivity index (χ2n) is 2.92. The lowest BCUT2D eigenvalue weighted by Gasteiger charge is -2.06. The van der Waals surface area contributed by atoms with E-state index < -0.39 is 0 Å². The van der Waals surface area contributed by atoms with E-state index in [1.807, 2.05) is 0 Å². The quantitative estimate of drug-likeness (QED) is 0.633. The van der Waals surface area contributed by atoms with Gasteiger partial charge in [-0.25, -0.2) is 9.97 Å². The fraction of sp³-hybridized carbons (Fsp3) is 0.375. The molecule has 1 amide bonds. The van der Waals surface area contributed by atoms with E-state index in [9.17, 15) is 4.79 Å². The second-order valence-corrected chi connectivity index (χ2v) is 3.30. The molecule has 1 rings (SSSR count). The van der Waals surface area contributed by atoms with Crippen LogP contribution < -0.4 is 16.8 Å². The summed E-state index contributed by atoms with van der Waals surface area (Å²) >= 11 is 5.83. The molecule has 15 heavy (non-hydrogen) atoms. The molecule has 0 bridgehead atoms. The monoisotopic (exact) mass is 229 g/mol. The number of nitrogen functional groups attached to an aromatic ring is 1. The molecule has 7 heteroatoms. The number of rotatable bonds is 5. The number of nitrogens with one attached hydrogen (secondary N) is 1. The summed E-state index contributed by atoms with van der Waals surface area (Å²) in [7, 11) is 0. The first-order valence-corrected chi connectivity index (χ1v) is 4.77. The normalized spacial score (nSPS) is 9.93. The summed E-state index contributed by atoms with van der Waals surface area (Å²) in [5.74, 6) is 0.364. The van der Waals surface area contributed by atoms with Gasteiger partial charge in [0.05, 0.1) is 0 Å². The smallest absolute Gasteiger partial charge is 0.217 e. The third-order valence-electron chi connectivity index (χ3n) is 1.71. The van der Waals surface area contributed by atoms with Gasteiger partial charge < -0.3 is 16.8 Å². The molecule has 0 saturated carbocycles. The third kappa shape index (κ3) is 3.59. The van der Waals surface area contributed by atoms with E-state index in [-0.39, 0.29) is 16.7 Å². The van der Waals surface area contributed by atoms with Gasteiger partial charge in [-0.15, -0.1) is 0 Å². The van der Waals surface area contributed by atoms with Crippen molar-refractivity contribution in [2.24, 2.45) is 5.73 Å². The van der Waals surface area contributed by atoms with Crippen LogP contribution in [-0.4, -0.2) is 22.4 Å². The first-order valence-electron chi connectivity index (χ1n) is 4.39. The predicted octanol–water partition coefficient (Wildman–Crippen LogP) is 0.390. The first-order chi connectivity index (χ1) is 7.11. The van der Waals surface area contributed by atoms with Gasteiger partial charge in [0.15, 0.2) is 0 Å². The molecule has 82 valence electrons. The Bertz CT molecular complexity index is 357. The van der Waals surface area contributed by atoms with Crippen LogP contribution in [0.5, 0.6) is 0 Å². The Hall–Kier alpha value is -1.56. The number of hydrogen-bond donors (Lipinski definition) is 3. The summed E-state index contributed by atoms with van der Waals surface area (Å²) in [6, 6.07) is 0. The number of nitrogens with zero attached hydrogens (tertiary/aromatic N) is 2. The zero-order valence-electron chi connectivity index (χ0n) is 8.03. The Balaban J connectivity index is 2.44. The maximum absolute atomic E-state index is 10.5. The number of aromatic nitrogens is 2. The lowest BCUT2D eigenvalue weighted by molar-refractivity contribution is -0.118. The van der Waals surface area contributed by atoms with Crippen LogP contribution in [-0.2, 0) is 4.79 Å². The number of anilines is 2. The molecule has 1 heterocycles. The van der Waals surface area contributed by atoms with Gasteiger partial charge in [0.25, 0.3) is 0 Å². The number of nitrogens with two attached hydrogens (primary N) is 2. The van der Waals surface area contributed by atoms with E-state index in [4.69, 9.17) is 23.1 Å². The van der Waals surface area contributed by atoms with Crippen molar-refractivity contribution < 1.29 is 4.79 Å². The molecular formula is C8H12ClN5O. The van der Waals surface area contributed by atoms with Crippen LogP contribution in [0.25, 0.3) is 0 Å². The predicted molar refractivity (Wildman–Crippen MR) is 58.4 cm³/mol. The Morgan fingerprint density at radius 2 is 2.27 bits per heavy atom. The summed E-state index contributed by atoms with van der Waals surface area (Å²) in [6.07, 6.45) is 2.26. The number of primary amides is 1. The lowest BCUT2D eigenvalue weighted by atomic mass is 10.3. The number of amides is 1. The maximum Gasteiger partial charge on any atom is 0.217 e. The molecule has 0 aliphatic carbocycles. The number of hydrogen-bond acceptors (Lipinski definition) is 5. The lowest BCUT2D eigenvalue weighted by Crippen LogP contribution is -2.13. The molecule has 0 aromatic carbocycles. The third-order valence-corrected chi connectivity index (χ3v) is 2.08. The van der Waals surface area contributed by atoms with Crippen LogP contribution >= 0.6 is 11.6 Å². The molecule has 0 fully saturated rings. The summed E-state index contributed by atoms with van der Waals surface area (Å²) in [5, 5.41) is 3.23. The SMILES string of the molecule is NC(=O)CCCNc1ncnc(N)c1Cl. The van der Waals surface area contributed by atoms with Gasteiger partial charge in [0, 0.05) is 13.0 Å².